The molecule has 1 amide bonds. The Hall–Kier alpha value is -2.29. The fourth-order valence-corrected chi connectivity index (χ4v) is 4.99. The van der Waals surface area contributed by atoms with Crippen molar-refractivity contribution in [1.29, 1.82) is 0 Å². The lowest BCUT2D eigenvalue weighted by molar-refractivity contribution is -0.118. The third-order valence-electron chi connectivity index (χ3n) is 4.96. The van der Waals surface area contributed by atoms with Gasteiger partial charge in [-0.25, -0.2) is 8.42 Å². The Kier molecular flexibility index (Phi) is 8.26. The van der Waals surface area contributed by atoms with Gasteiger partial charge in [0.1, 0.15) is 5.75 Å². The first-order chi connectivity index (χ1) is 15.6. The number of rotatable bonds is 8. The minimum Gasteiger partial charge on any atom is -0.497 e. The Morgan fingerprint density at radius 2 is 1.52 bits per heavy atom. The molecule has 0 atom stereocenters. The Morgan fingerprint density at radius 1 is 0.909 bits per heavy atom. The summed E-state index contributed by atoms with van der Waals surface area (Å²) in [5.41, 5.74) is 1.10. The first-order valence-electron chi connectivity index (χ1n) is 9.72. The van der Waals surface area contributed by atoms with Gasteiger partial charge in [-0.1, -0.05) is 40.9 Å². The lowest BCUT2D eigenvalue weighted by Crippen LogP contribution is -2.41. The highest BCUT2D eigenvalue weighted by molar-refractivity contribution is 7.89. The molecule has 0 aliphatic rings. The molecule has 33 heavy (non-hydrogen) atoms. The summed E-state index contributed by atoms with van der Waals surface area (Å²) in [6.45, 7) is -0.532. The lowest BCUT2D eigenvalue weighted by Gasteiger charge is -2.25. The van der Waals surface area contributed by atoms with Gasteiger partial charge < -0.3 is 9.64 Å². The van der Waals surface area contributed by atoms with E-state index in [9.17, 15) is 13.2 Å². The molecular formula is C23H21Cl3N2O4S. The molecule has 0 aliphatic heterocycles. The summed E-state index contributed by atoms with van der Waals surface area (Å²) in [6.07, 6.45) is 0. The highest BCUT2D eigenvalue weighted by Gasteiger charge is 2.29. The van der Waals surface area contributed by atoms with Crippen molar-refractivity contribution in [2.24, 2.45) is 0 Å². The van der Waals surface area contributed by atoms with E-state index >= 15 is 0 Å². The normalized spacial score (nSPS) is 11.5. The van der Waals surface area contributed by atoms with E-state index in [1.54, 1.807) is 50.6 Å². The molecule has 0 saturated heterocycles. The van der Waals surface area contributed by atoms with Crippen molar-refractivity contribution in [2.75, 3.05) is 25.6 Å². The number of likely N-dealkylation sites (N-methyl/N-ethyl adjacent to an activating group) is 1. The molecule has 0 aliphatic carbocycles. The monoisotopic (exact) mass is 526 g/mol. The number of ether oxygens (including phenoxy) is 1. The number of anilines is 1. The zero-order valence-electron chi connectivity index (χ0n) is 17.8. The van der Waals surface area contributed by atoms with E-state index in [1.807, 2.05) is 0 Å². The number of amides is 1. The van der Waals surface area contributed by atoms with Gasteiger partial charge in [0.2, 0.25) is 15.9 Å². The van der Waals surface area contributed by atoms with Crippen molar-refractivity contribution < 1.29 is 17.9 Å². The van der Waals surface area contributed by atoms with Crippen molar-refractivity contribution in [2.45, 2.75) is 11.4 Å². The van der Waals surface area contributed by atoms with E-state index in [1.165, 1.54) is 35.2 Å². The predicted molar refractivity (Wildman–Crippen MR) is 132 cm³/mol. The Morgan fingerprint density at radius 3 is 2.09 bits per heavy atom. The maximum atomic E-state index is 13.4. The van der Waals surface area contributed by atoms with Gasteiger partial charge in [0.05, 0.1) is 18.6 Å². The van der Waals surface area contributed by atoms with Gasteiger partial charge >= 0.3 is 0 Å². The van der Waals surface area contributed by atoms with E-state index < -0.39 is 22.5 Å². The number of sulfonamides is 1. The third-order valence-corrected chi connectivity index (χ3v) is 7.60. The first-order valence-corrected chi connectivity index (χ1v) is 12.3. The Labute approximate surface area is 208 Å². The molecule has 0 spiro atoms. The first kappa shape index (κ1) is 25.3. The molecular weight excluding hydrogens is 507 g/mol. The van der Waals surface area contributed by atoms with Gasteiger partial charge in [-0.3, -0.25) is 4.79 Å². The number of carbonyl (C=O) groups is 1. The lowest BCUT2D eigenvalue weighted by atomic mass is 10.2. The number of carbonyl (C=O) groups excluding carboxylic acids is 1. The summed E-state index contributed by atoms with van der Waals surface area (Å²) in [6, 6.07) is 17.4. The molecule has 0 fully saturated rings. The molecule has 0 heterocycles. The molecule has 6 nitrogen and oxygen atoms in total. The summed E-state index contributed by atoms with van der Waals surface area (Å²) in [5.74, 6) is 0.215. The molecule has 0 N–H and O–H groups in total. The van der Waals surface area contributed by atoms with Crippen LogP contribution in [0, 0.1) is 0 Å². The van der Waals surface area contributed by atoms with Crippen molar-refractivity contribution in [1.82, 2.24) is 4.31 Å². The molecule has 0 saturated carbocycles. The molecule has 3 aromatic rings. The van der Waals surface area contributed by atoms with Crippen LogP contribution in [0.5, 0.6) is 5.75 Å². The van der Waals surface area contributed by atoms with Gasteiger partial charge in [0.25, 0.3) is 0 Å². The fraction of sp³-hybridized carbons (Fsp3) is 0.174. The molecule has 0 radical (unpaired) electrons. The number of hydrogen-bond donors (Lipinski definition) is 0. The van der Waals surface area contributed by atoms with E-state index in [-0.39, 0.29) is 11.4 Å². The highest BCUT2D eigenvalue weighted by Crippen LogP contribution is 2.26. The average molecular weight is 528 g/mol. The van der Waals surface area contributed by atoms with E-state index in [0.29, 0.717) is 32.1 Å². The summed E-state index contributed by atoms with van der Waals surface area (Å²) in [7, 11) is -0.926. The molecule has 0 bridgehead atoms. The van der Waals surface area contributed by atoms with E-state index in [2.05, 4.69) is 0 Å². The highest BCUT2D eigenvalue weighted by atomic mass is 35.5. The number of hydrogen-bond acceptors (Lipinski definition) is 4. The van der Waals surface area contributed by atoms with Crippen LogP contribution < -0.4 is 9.64 Å². The zero-order valence-corrected chi connectivity index (χ0v) is 20.9. The summed E-state index contributed by atoms with van der Waals surface area (Å²) < 4.78 is 33.1. The number of benzene rings is 3. The minimum absolute atomic E-state index is 0.0110. The predicted octanol–water partition coefficient (Wildman–Crippen LogP) is 5.51. The SMILES string of the molecule is COc1ccc(N(C)C(=O)CN(Cc2ccc(Cl)cc2Cl)S(=O)(=O)c2ccc(Cl)cc2)cc1. The minimum atomic E-state index is -4.05. The van der Waals surface area contributed by atoms with Crippen LogP contribution in [0.3, 0.4) is 0 Å². The second kappa shape index (κ2) is 10.8. The quantitative estimate of drug-likeness (QED) is 0.387. The van der Waals surface area contributed by atoms with Crippen LogP contribution in [0.25, 0.3) is 0 Å². The van der Waals surface area contributed by atoms with Crippen molar-refractivity contribution in [3.63, 3.8) is 0 Å². The maximum absolute atomic E-state index is 13.4. The van der Waals surface area contributed by atoms with Gasteiger partial charge in [-0.2, -0.15) is 4.31 Å². The van der Waals surface area contributed by atoms with Crippen LogP contribution in [-0.4, -0.2) is 39.3 Å². The molecule has 0 aromatic heterocycles. The maximum Gasteiger partial charge on any atom is 0.243 e. The summed E-state index contributed by atoms with van der Waals surface area (Å²) >= 11 is 18.2. The van der Waals surface area contributed by atoms with Crippen molar-refractivity contribution in [3.05, 3.63) is 87.4 Å². The molecule has 3 aromatic carbocycles. The fourth-order valence-electron chi connectivity index (χ4n) is 3.03. The third kappa shape index (κ3) is 6.19. The van der Waals surface area contributed by atoms with Crippen LogP contribution in [0.4, 0.5) is 5.69 Å². The molecule has 0 unspecified atom stereocenters. The largest absolute Gasteiger partial charge is 0.497 e. The van der Waals surface area contributed by atoms with Gasteiger partial charge in [0, 0.05) is 34.3 Å². The van der Waals surface area contributed by atoms with Gasteiger partial charge in [-0.05, 0) is 66.2 Å². The topological polar surface area (TPSA) is 66.9 Å². The molecule has 10 heteroatoms. The number of halogens is 3. The summed E-state index contributed by atoms with van der Waals surface area (Å²) in [4.78, 5) is 14.5. The smallest absolute Gasteiger partial charge is 0.243 e. The second-order valence-electron chi connectivity index (χ2n) is 7.11. The van der Waals surface area contributed by atoms with Crippen LogP contribution in [-0.2, 0) is 21.4 Å². The van der Waals surface area contributed by atoms with Crippen LogP contribution in [0.2, 0.25) is 15.1 Å². The van der Waals surface area contributed by atoms with Crippen molar-refractivity contribution >= 4 is 56.4 Å². The van der Waals surface area contributed by atoms with Crippen LogP contribution in [0.1, 0.15) is 5.56 Å². The molecule has 3 rings (SSSR count). The number of methoxy groups -OCH3 is 1. The van der Waals surface area contributed by atoms with E-state index in [4.69, 9.17) is 39.5 Å². The summed E-state index contributed by atoms with van der Waals surface area (Å²) in [5, 5.41) is 1.12. The van der Waals surface area contributed by atoms with E-state index in [0.717, 1.165) is 4.31 Å². The van der Waals surface area contributed by atoms with Gasteiger partial charge in [0.15, 0.2) is 0 Å². The standard InChI is InChI=1S/C23H21Cl3N2O4S/c1-27(19-7-9-20(32-2)10-8-19)23(29)15-28(14-16-3-4-18(25)13-22(16)26)33(30,31)21-11-5-17(24)6-12-21/h3-13H,14-15H2,1-2H3. The Balaban J connectivity index is 1.93. The average Bonchev–Trinajstić information content (AvgIpc) is 2.80. The van der Waals surface area contributed by atoms with Gasteiger partial charge in [-0.15, -0.1) is 0 Å². The van der Waals surface area contributed by atoms with Crippen molar-refractivity contribution in [3.8, 4) is 5.75 Å². The van der Waals surface area contributed by atoms with Crippen LogP contribution >= 0.6 is 34.8 Å². The Bertz CT molecular complexity index is 1230. The van der Waals surface area contributed by atoms with Crippen LogP contribution in [0.15, 0.2) is 71.6 Å². The molecule has 174 valence electrons. The number of nitrogens with zero attached hydrogens (tertiary/aromatic N) is 2. The second-order valence-corrected chi connectivity index (χ2v) is 10.3. The zero-order chi connectivity index (χ0) is 24.2.